The summed E-state index contributed by atoms with van der Waals surface area (Å²) in [5, 5.41) is 13.9. The molecule has 2 aromatic carbocycles. The van der Waals surface area contributed by atoms with Crippen LogP contribution in [0.4, 0.5) is 0 Å². The molecule has 0 aliphatic rings. The minimum Gasteiger partial charge on any atom is -0.489 e. The highest BCUT2D eigenvalue weighted by atomic mass is 79.9. The van der Waals surface area contributed by atoms with E-state index in [9.17, 15) is 5.11 Å². The van der Waals surface area contributed by atoms with E-state index in [2.05, 4.69) is 21.2 Å². The molecule has 0 unspecified atom stereocenters. The number of hydrogen-bond acceptors (Lipinski definition) is 3. The molecular weight excluding hydrogens is 366 g/mol. The summed E-state index contributed by atoms with van der Waals surface area (Å²) in [6, 6.07) is 13.7. The third kappa shape index (κ3) is 5.29. The molecule has 2 rings (SSSR count). The van der Waals surface area contributed by atoms with Gasteiger partial charge in [-0.05, 0) is 46.1 Å². The number of aliphatic hydroxyl groups is 1. The Bertz CT molecular complexity index is 584. The largest absolute Gasteiger partial charge is 0.489 e. The Morgan fingerprint density at radius 1 is 1.27 bits per heavy atom. The van der Waals surface area contributed by atoms with E-state index in [1.165, 1.54) is 5.56 Å². The Morgan fingerprint density at radius 3 is 2.68 bits per heavy atom. The maximum atomic E-state index is 10.00. The van der Waals surface area contributed by atoms with Crippen LogP contribution in [0.25, 0.3) is 0 Å². The van der Waals surface area contributed by atoms with Crippen molar-refractivity contribution in [1.29, 1.82) is 0 Å². The fourth-order valence-corrected chi connectivity index (χ4v) is 3.17. The number of ether oxygens (including phenoxy) is 1. The van der Waals surface area contributed by atoms with Gasteiger partial charge >= 0.3 is 0 Å². The molecular formula is C17H19BrClNO2. The van der Waals surface area contributed by atoms with Crippen molar-refractivity contribution in [3.05, 3.63) is 63.1 Å². The predicted octanol–water partition coefficient (Wildman–Crippen LogP) is 3.94. The number of aliphatic hydroxyl groups excluding tert-OH is 1. The molecule has 2 N–H and O–H groups in total. The second-order valence-corrected chi connectivity index (χ2v) is 6.41. The molecule has 0 bridgehead atoms. The molecule has 3 nitrogen and oxygen atoms in total. The molecule has 0 radical (unpaired) electrons. The van der Waals surface area contributed by atoms with E-state index in [4.69, 9.17) is 16.3 Å². The van der Waals surface area contributed by atoms with Crippen molar-refractivity contribution in [3.63, 3.8) is 0 Å². The Morgan fingerprint density at radius 2 is 2.00 bits per heavy atom. The quantitative estimate of drug-likeness (QED) is 0.760. The topological polar surface area (TPSA) is 41.5 Å². The minimum atomic E-state index is -0.578. The summed E-state index contributed by atoms with van der Waals surface area (Å²) in [4.78, 5) is 0. The zero-order valence-electron chi connectivity index (χ0n) is 12.4. The van der Waals surface area contributed by atoms with Crippen LogP contribution in [0.5, 0.6) is 5.75 Å². The first-order valence-corrected chi connectivity index (χ1v) is 8.24. The van der Waals surface area contributed by atoms with Gasteiger partial charge in [0, 0.05) is 18.1 Å². The number of nitrogens with one attached hydrogen (secondary N) is 1. The molecule has 5 heteroatoms. The van der Waals surface area contributed by atoms with Crippen LogP contribution in [0.2, 0.25) is 5.02 Å². The Balaban J connectivity index is 1.77. The Kier molecular flexibility index (Phi) is 6.70. The summed E-state index contributed by atoms with van der Waals surface area (Å²) in [6.07, 6.45) is -0.578. The average molecular weight is 385 g/mol. The summed E-state index contributed by atoms with van der Waals surface area (Å²) >= 11 is 9.39. The molecule has 0 spiro atoms. The van der Waals surface area contributed by atoms with Crippen molar-refractivity contribution in [2.75, 3.05) is 13.2 Å². The van der Waals surface area contributed by atoms with Gasteiger partial charge in [-0.1, -0.05) is 41.9 Å². The molecule has 2 aromatic rings. The van der Waals surface area contributed by atoms with Crippen LogP contribution in [0, 0.1) is 6.92 Å². The summed E-state index contributed by atoms with van der Waals surface area (Å²) < 4.78 is 6.49. The second-order valence-electron chi connectivity index (χ2n) is 5.11. The lowest BCUT2D eigenvalue weighted by atomic mass is 10.2. The van der Waals surface area contributed by atoms with Gasteiger partial charge in [0.25, 0.3) is 0 Å². The maximum Gasteiger partial charge on any atom is 0.136 e. The Hall–Kier alpha value is -1.07. The molecule has 0 heterocycles. The average Bonchev–Trinajstić information content (AvgIpc) is 2.47. The lowest BCUT2D eigenvalue weighted by Crippen LogP contribution is -2.31. The number of rotatable bonds is 7. The smallest absolute Gasteiger partial charge is 0.136 e. The van der Waals surface area contributed by atoms with E-state index >= 15 is 0 Å². The number of benzene rings is 2. The zero-order valence-corrected chi connectivity index (χ0v) is 14.7. The molecule has 22 heavy (non-hydrogen) atoms. The van der Waals surface area contributed by atoms with Gasteiger partial charge in [-0.3, -0.25) is 0 Å². The SMILES string of the molecule is Cc1cc(Cl)cc(Br)c1OC[C@@H](O)CNCc1ccccc1. The van der Waals surface area contributed by atoms with Crippen LogP contribution in [0.1, 0.15) is 11.1 Å². The number of hydrogen-bond donors (Lipinski definition) is 2. The van der Waals surface area contributed by atoms with E-state index in [1.807, 2.05) is 43.3 Å². The van der Waals surface area contributed by atoms with Gasteiger partial charge in [-0.15, -0.1) is 0 Å². The van der Waals surface area contributed by atoms with Gasteiger partial charge < -0.3 is 15.2 Å². The minimum absolute atomic E-state index is 0.225. The van der Waals surface area contributed by atoms with E-state index in [0.717, 1.165) is 16.6 Å². The molecule has 0 aliphatic heterocycles. The maximum absolute atomic E-state index is 10.00. The van der Waals surface area contributed by atoms with Gasteiger partial charge in [-0.25, -0.2) is 0 Å². The first-order valence-electron chi connectivity index (χ1n) is 7.07. The standard InChI is InChI=1S/C17H19BrClNO2/c1-12-7-14(19)8-16(18)17(12)22-11-15(21)10-20-9-13-5-3-2-4-6-13/h2-8,15,20-21H,9-11H2,1H3/t15-/m0/s1. The summed E-state index contributed by atoms with van der Waals surface area (Å²) in [7, 11) is 0. The van der Waals surface area contributed by atoms with Gasteiger partial charge in [0.2, 0.25) is 0 Å². The summed E-state index contributed by atoms with van der Waals surface area (Å²) in [5.74, 6) is 0.714. The first-order chi connectivity index (χ1) is 10.6. The van der Waals surface area contributed by atoms with E-state index in [-0.39, 0.29) is 6.61 Å². The molecule has 0 saturated heterocycles. The summed E-state index contributed by atoms with van der Waals surface area (Å²) in [5.41, 5.74) is 2.12. The van der Waals surface area contributed by atoms with Crippen LogP contribution >= 0.6 is 27.5 Å². The third-order valence-electron chi connectivity index (χ3n) is 3.17. The van der Waals surface area contributed by atoms with E-state index in [1.54, 1.807) is 6.07 Å². The van der Waals surface area contributed by atoms with Crippen molar-refractivity contribution < 1.29 is 9.84 Å². The molecule has 0 fully saturated rings. The summed E-state index contributed by atoms with van der Waals surface area (Å²) in [6.45, 7) is 3.34. The highest BCUT2D eigenvalue weighted by molar-refractivity contribution is 9.10. The van der Waals surface area contributed by atoms with Crippen molar-refractivity contribution in [3.8, 4) is 5.75 Å². The van der Waals surface area contributed by atoms with Gasteiger partial charge in [0.15, 0.2) is 0 Å². The van der Waals surface area contributed by atoms with Crippen LogP contribution in [0.3, 0.4) is 0 Å². The van der Waals surface area contributed by atoms with E-state index < -0.39 is 6.10 Å². The van der Waals surface area contributed by atoms with Crippen molar-refractivity contribution >= 4 is 27.5 Å². The highest BCUT2D eigenvalue weighted by Crippen LogP contribution is 2.32. The number of halogens is 2. The third-order valence-corrected chi connectivity index (χ3v) is 3.97. The van der Waals surface area contributed by atoms with Crippen molar-refractivity contribution in [2.24, 2.45) is 0 Å². The van der Waals surface area contributed by atoms with Gasteiger partial charge in [-0.2, -0.15) is 0 Å². The predicted molar refractivity (Wildman–Crippen MR) is 93.5 cm³/mol. The van der Waals surface area contributed by atoms with Gasteiger partial charge in [0.1, 0.15) is 18.5 Å². The molecule has 118 valence electrons. The Labute approximate surface area is 144 Å². The molecule has 1 atom stereocenters. The zero-order chi connectivity index (χ0) is 15.9. The monoisotopic (exact) mass is 383 g/mol. The molecule has 0 saturated carbocycles. The normalized spacial score (nSPS) is 12.2. The van der Waals surface area contributed by atoms with Crippen LogP contribution in [-0.4, -0.2) is 24.4 Å². The number of aryl methyl sites for hydroxylation is 1. The van der Waals surface area contributed by atoms with Crippen LogP contribution in [-0.2, 0) is 6.54 Å². The van der Waals surface area contributed by atoms with Gasteiger partial charge in [0.05, 0.1) is 4.47 Å². The van der Waals surface area contributed by atoms with E-state index in [0.29, 0.717) is 17.3 Å². The molecule has 0 aromatic heterocycles. The first kappa shape index (κ1) is 17.3. The second kappa shape index (κ2) is 8.53. The highest BCUT2D eigenvalue weighted by Gasteiger charge is 2.10. The lowest BCUT2D eigenvalue weighted by Gasteiger charge is -2.16. The molecule has 0 amide bonds. The van der Waals surface area contributed by atoms with Crippen molar-refractivity contribution in [1.82, 2.24) is 5.32 Å². The fourth-order valence-electron chi connectivity index (χ4n) is 2.09. The fraction of sp³-hybridized carbons (Fsp3) is 0.294. The van der Waals surface area contributed by atoms with Crippen LogP contribution in [0.15, 0.2) is 46.9 Å². The lowest BCUT2D eigenvalue weighted by molar-refractivity contribution is 0.105. The van der Waals surface area contributed by atoms with Crippen LogP contribution < -0.4 is 10.1 Å². The van der Waals surface area contributed by atoms with Crippen molar-refractivity contribution in [2.45, 2.75) is 19.6 Å². The molecule has 0 aliphatic carbocycles.